The van der Waals surface area contributed by atoms with Crippen molar-refractivity contribution in [3.05, 3.63) is 46.6 Å². The standard InChI is InChI=1S/C14H11BrN2O2/c1-8-5-6-11(18-8)13-12(14(16)17-19-13)9-3-2-4-10(15)7-9/h2-7H,1H3,(H2,16,17). The van der Waals surface area contributed by atoms with Gasteiger partial charge in [-0.3, -0.25) is 0 Å². The maximum atomic E-state index is 5.91. The van der Waals surface area contributed by atoms with Gasteiger partial charge in [0.15, 0.2) is 11.6 Å². The average molecular weight is 319 g/mol. The number of nitrogens with two attached hydrogens (primary N) is 1. The molecule has 0 unspecified atom stereocenters. The lowest BCUT2D eigenvalue weighted by atomic mass is 10.1. The lowest BCUT2D eigenvalue weighted by Gasteiger charge is -2.01. The largest absolute Gasteiger partial charge is 0.458 e. The molecule has 96 valence electrons. The SMILES string of the molecule is Cc1ccc(-c2onc(N)c2-c2cccc(Br)c2)o1. The van der Waals surface area contributed by atoms with Gasteiger partial charge in [-0.1, -0.05) is 33.2 Å². The second kappa shape index (κ2) is 4.59. The van der Waals surface area contributed by atoms with Crippen LogP contribution in [0.15, 0.2) is 49.8 Å². The minimum Gasteiger partial charge on any atom is -0.458 e. The van der Waals surface area contributed by atoms with Gasteiger partial charge in [0.05, 0.1) is 5.56 Å². The monoisotopic (exact) mass is 318 g/mol. The topological polar surface area (TPSA) is 65.2 Å². The van der Waals surface area contributed by atoms with Gasteiger partial charge in [0, 0.05) is 4.47 Å². The summed E-state index contributed by atoms with van der Waals surface area (Å²) < 4.78 is 11.8. The van der Waals surface area contributed by atoms with Crippen LogP contribution in [0.3, 0.4) is 0 Å². The summed E-state index contributed by atoms with van der Waals surface area (Å²) in [5.41, 5.74) is 7.58. The first-order valence-electron chi connectivity index (χ1n) is 5.73. The van der Waals surface area contributed by atoms with Crippen molar-refractivity contribution in [2.45, 2.75) is 6.92 Å². The highest BCUT2D eigenvalue weighted by molar-refractivity contribution is 9.10. The third kappa shape index (κ3) is 2.17. The molecular weight excluding hydrogens is 308 g/mol. The first kappa shape index (κ1) is 12.0. The third-order valence-electron chi connectivity index (χ3n) is 2.80. The molecule has 2 aromatic heterocycles. The summed E-state index contributed by atoms with van der Waals surface area (Å²) in [5.74, 6) is 2.33. The summed E-state index contributed by atoms with van der Waals surface area (Å²) in [4.78, 5) is 0. The van der Waals surface area contributed by atoms with Crippen LogP contribution in [0.1, 0.15) is 5.76 Å². The maximum absolute atomic E-state index is 5.91. The van der Waals surface area contributed by atoms with Crippen molar-refractivity contribution >= 4 is 21.7 Å². The molecule has 0 aliphatic carbocycles. The number of hydrogen-bond acceptors (Lipinski definition) is 4. The Labute approximate surface area is 118 Å². The zero-order valence-corrected chi connectivity index (χ0v) is 11.8. The molecule has 0 amide bonds. The van der Waals surface area contributed by atoms with E-state index in [1.54, 1.807) is 0 Å². The van der Waals surface area contributed by atoms with Gasteiger partial charge in [0.1, 0.15) is 5.76 Å². The number of aryl methyl sites for hydroxylation is 1. The molecule has 0 spiro atoms. The number of anilines is 1. The lowest BCUT2D eigenvalue weighted by molar-refractivity contribution is 0.418. The first-order chi connectivity index (χ1) is 9.15. The summed E-state index contributed by atoms with van der Waals surface area (Å²) in [6.07, 6.45) is 0. The van der Waals surface area contributed by atoms with E-state index in [9.17, 15) is 0 Å². The Morgan fingerprint density at radius 3 is 2.74 bits per heavy atom. The summed E-state index contributed by atoms with van der Waals surface area (Å²) in [5, 5.41) is 3.84. The van der Waals surface area contributed by atoms with Gasteiger partial charge in [-0.25, -0.2) is 0 Å². The molecule has 2 N–H and O–H groups in total. The fourth-order valence-electron chi connectivity index (χ4n) is 1.95. The fourth-order valence-corrected chi connectivity index (χ4v) is 2.35. The van der Waals surface area contributed by atoms with E-state index >= 15 is 0 Å². The lowest BCUT2D eigenvalue weighted by Crippen LogP contribution is -1.88. The molecule has 3 aromatic rings. The van der Waals surface area contributed by atoms with Crippen LogP contribution in [0.25, 0.3) is 22.6 Å². The predicted octanol–water partition coefficient (Wildman–Crippen LogP) is 4.25. The van der Waals surface area contributed by atoms with E-state index in [2.05, 4.69) is 21.1 Å². The van der Waals surface area contributed by atoms with E-state index in [0.717, 1.165) is 21.4 Å². The number of nitrogen functional groups attached to an aromatic ring is 1. The molecule has 19 heavy (non-hydrogen) atoms. The van der Waals surface area contributed by atoms with E-state index in [-0.39, 0.29) is 0 Å². The van der Waals surface area contributed by atoms with Crippen LogP contribution in [0.2, 0.25) is 0 Å². The molecule has 0 aliphatic heterocycles. The van der Waals surface area contributed by atoms with Crippen molar-refractivity contribution in [3.8, 4) is 22.6 Å². The molecule has 0 bridgehead atoms. The van der Waals surface area contributed by atoms with Gasteiger partial charge in [-0.05, 0) is 36.8 Å². The number of furan rings is 1. The van der Waals surface area contributed by atoms with Crippen molar-refractivity contribution in [2.75, 3.05) is 5.73 Å². The predicted molar refractivity (Wildman–Crippen MR) is 76.5 cm³/mol. The molecule has 0 aliphatic rings. The van der Waals surface area contributed by atoms with E-state index in [0.29, 0.717) is 17.3 Å². The molecule has 0 radical (unpaired) electrons. The first-order valence-corrected chi connectivity index (χ1v) is 6.52. The molecule has 0 atom stereocenters. The normalized spacial score (nSPS) is 10.8. The van der Waals surface area contributed by atoms with Crippen LogP contribution in [0.5, 0.6) is 0 Å². The van der Waals surface area contributed by atoms with Gasteiger partial charge >= 0.3 is 0 Å². The Morgan fingerprint density at radius 2 is 2.05 bits per heavy atom. The summed E-state index contributed by atoms with van der Waals surface area (Å²) in [6, 6.07) is 11.5. The summed E-state index contributed by atoms with van der Waals surface area (Å²) >= 11 is 3.44. The molecule has 3 rings (SSSR count). The van der Waals surface area contributed by atoms with Crippen LogP contribution in [0.4, 0.5) is 5.82 Å². The third-order valence-corrected chi connectivity index (χ3v) is 3.29. The molecule has 2 heterocycles. The second-order valence-electron chi connectivity index (χ2n) is 4.19. The Hall–Kier alpha value is -2.01. The van der Waals surface area contributed by atoms with E-state index in [1.165, 1.54) is 0 Å². The number of rotatable bonds is 2. The van der Waals surface area contributed by atoms with Gasteiger partial charge < -0.3 is 14.7 Å². The number of nitrogens with zero attached hydrogens (tertiary/aromatic N) is 1. The molecule has 0 fully saturated rings. The molecule has 1 aromatic carbocycles. The van der Waals surface area contributed by atoms with Crippen LogP contribution < -0.4 is 5.73 Å². The number of halogens is 1. The molecule has 4 nitrogen and oxygen atoms in total. The van der Waals surface area contributed by atoms with Gasteiger partial charge in [-0.2, -0.15) is 0 Å². The highest BCUT2D eigenvalue weighted by Crippen LogP contribution is 2.37. The van der Waals surface area contributed by atoms with Crippen molar-refractivity contribution in [3.63, 3.8) is 0 Å². The van der Waals surface area contributed by atoms with Crippen LogP contribution in [-0.2, 0) is 0 Å². The van der Waals surface area contributed by atoms with E-state index in [4.69, 9.17) is 14.7 Å². The highest BCUT2D eigenvalue weighted by atomic mass is 79.9. The van der Waals surface area contributed by atoms with Crippen molar-refractivity contribution < 1.29 is 8.94 Å². The quantitative estimate of drug-likeness (QED) is 0.766. The van der Waals surface area contributed by atoms with Gasteiger partial charge in [0.25, 0.3) is 0 Å². The van der Waals surface area contributed by atoms with Gasteiger partial charge in [0.2, 0.25) is 5.76 Å². The number of aromatic nitrogens is 1. The van der Waals surface area contributed by atoms with Gasteiger partial charge in [-0.15, -0.1) is 0 Å². The average Bonchev–Trinajstić information content (AvgIpc) is 2.95. The number of hydrogen-bond donors (Lipinski definition) is 1. The maximum Gasteiger partial charge on any atom is 0.212 e. The Kier molecular flexibility index (Phi) is 2.91. The van der Waals surface area contributed by atoms with E-state index < -0.39 is 0 Å². The molecule has 0 saturated carbocycles. The second-order valence-corrected chi connectivity index (χ2v) is 5.11. The highest BCUT2D eigenvalue weighted by Gasteiger charge is 2.20. The minimum atomic E-state index is 0.349. The van der Waals surface area contributed by atoms with E-state index in [1.807, 2.05) is 43.3 Å². The molecule has 5 heteroatoms. The van der Waals surface area contributed by atoms with Crippen LogP contribution >= 0.6 is 15.9 Å². The smallest absolute Gasteiger partial charge is 0.212 e. The van der Waals surface area contributed by atoms with Crippen molar-refractivity contribution in [2.24, 2.45) is 0 Å². The van der Waals surface area contributed by atoms with Crippen molar-refractivity contribution in [1.29, 1.82) is 0 Å². The molecular formula is C14H11BrN2O2. The molecule has 0 saturated heterocycles. The van der Waals surface area contributed by atoms with Crippen molar-refractivity contribution in [1.82, 2.24) is 5.16 Å². The summed E-state index contributed by atoms with van der Waals surface area (Å²) in [6.45, 7) is 1.88. The summed E-state index contributed by atoms with van der Waals surface area (Å²) in [7, 11) is 0. The zero-order chi connectivity index (χ0) is 13.4. The zero-order valence-electron chi connectivity index (χ0n) is 10.2. The minimum absolute atomic E-state index is 0.349. The fraction of sp³-hybridized carbons (Fsp3) is 0.0714. The van der Waals surface area contributed by atoms with Crippen LogP contribution in [-0.4, -0.2) is 5.16 Å². The Balaban J connectivity index is 2.19. The number of benzene rings is 1. The Morgan fingerprint density at radius 1 is 1.21 bits per heavy atom. The van der Waals surface area contributed by atoms with Crippen LogP contribution in [0, 0.1) is 6.92 Å². The Bertz CT molecular complexity index is 731.